The summed E-state index contributed by atoms with van der Waals surface area (Å²) in [6, 6.07) is 76.9. The second-order valence-corrected chi connectivity index (χ2v) is 22.2. The molecule has 8 aromatic rings. The van der Waals surface area contributed by atoms with Crippen LogP contribution in [0.25, 0.3) is 5.59 Å². The first-order valence-electron chi connectivity index (χ1n) is 18.0. The van der Waals surface area contributed by atoms with Crippen LogP contribution in [0, 0.1) is 4.91 Å². The Labute approximate surface area is 373 Å². The molecule has 0 bridgehead atoms. The summed E-state index contributed by atoms with van der Waals surface area (Å²) >= 11 is 22.9. The molecule has 8 rings (SSSR count). The number of benzene rings is 8. The van der Waals surface area contributed by atoms with Gasteiger partial charge in [0.15, 0.2) is 16.1 Å². The molecule has 57 heavy (non-hydrogen) atoms. The van der Waals surface area contributed by atoms with E-state index >= 15 is 0 Å². The van der Waals surface area contributed by atoms with E-state index in [0.717, 1.165) is 19.6 Å². The van der Waals surface area contributed by atoms with Crippen LogP contribution in [-0.2, 0) is 70.0 Å². The minimum atomic E-state index is -2.55. The maximum atomic E-state index is 7.25. The van der Waals surface area contributed by atoms with Gasteiger partial charge in [-0.25, -0.2) is 0 Å². The molecule has 0 saturated heterocycles. The van der Waals surface area contributed by atoms with Crippen LogP contribution >= 0.6 is 0 Å². The maximum absolute atomic E-state index is 7.25. The van der Waals surface area contributed by atoms with Crippen molar-refractivity contribution in [1.29, 1.82) is 0 Å². The van der Waals surface area contributed by atoms with Gasteiger partial charge < -0.3 is 61.0 Å². The third kappa shape index (κ3) is 8.76. The summed E-state index contributed by atoms with van der Waals surface area (Å²) in [6.45, 7) is 0. The Morgan fingerprint density at radius 2 is 0.474 bits per heavy atom. The topological polar surface area (TPSA) is 39.4 Å². The van der Waals surface area contributed by atoms with E-state index in [1.807, 2.05) is 24.3 Å². The van der Waals surface area contributed by atoms with E-state index in [0.29, 0.717) is 0 Å². The summed E-state index contributed by atoms with van der Waals surface area (Å²) in [5, 5.41) is 10.3. The average molecular weight is 928 g/mol. The summed E-state index contributed by atoms with van der Waals surface area (Å²) in [6.07, 6.45) is 0. The molecule has 0 unspecified atom stereocenters. The van der Waals surface area contributed by atoms with Gasteiger partial charge in [0, 0.05) is 0 Å². The zero-order valence-corrected chi connectivity index (χ0v) is 37.6. The number of nitroso groups, excluding NO2 is 1. The Bertz CT molecular complexity index is 2080. The van der Waals surface area contributed by atoms with E-state index in [-0.39, 0.29) is 19.5 Å². The van der Waals surface area contributed by atoms with Crippen LogP contribution in [0.2, 0.25) is 0 Å². The zero-order valence-electron chi connectivity index (χ0n) is 30.6. The van der Waals surface area contributed by atoms with E-state index in [4.69, 9.17) is 61.0 Å². The number of hydrogen-bond acceptors (Lipinski definition) is 5. The summed E-state index contributed by atoms with van der Waals surface area (Å²) < 4.78 is 0. The fourth-order valence-corrected chi connectivity index (χ4v) is 19.1. The molecule has 0 heterocycles. The van der Waals surface area contributed by atoms with Gasteiger partial charge in [-0.05, 0) is 31.1 Å². The quantitative estimate of drug-likeness (QED) is 0.105. The van der Waals surface area contributed by atoms with E-state index in [2.05, 4.69) is 194 Å². The van der Waals surface area contributed by atoms with Gasteiger partial charge in [0.1, 0.15) is 0 Å². The van der Waals surface area contributed by atoms with Crippen LogP contribution in [0.15, 0.2) is 238 Å². The van der Waals surface area contributed by atoms with Gasteiger partial charge in [-0.3, -0.25) is 0 Å². The molecule has 0 atom stereocenters. The molecule has 1 radical (unpaired) electrons. The Morgan fingerprint density at radius 3 is 0.667 bits per heavy atom. The minimum Gasteiger partial charge on any atom is -0.781 e. The van der Waals surface area contributed by atoms with Crippen molar-refractivity contribution in [1.82, 2.24) is 0 Å². The normalized spacial score (nSPS) is 10.7. The summed E-state index contributed by atoms with van der Waals surface area (Å²) in [5.41, 5.74) is 5.75. The van der Waals surface area contributed by atoms with Crippen LogP contribution in [0.3, 0.4) is 0 Å². The molecule has 2 nitrogen and oxygen atoms in total. The summed E-state index contributed by atoms with van der Waals surface area (Å²) in [7, 11) is -5.09. The van der Waals surface area contributed by atoms with Gasteiger partial charge >= 0.3 is 19.5 Å². The first-order valence-corrected chi connectivity index (χ1v) is 23.6. The Balaban J connectivity index is 0.000000205. The second kappa shape index (κ2) is 20.6. The molecule has 8 aromatic carbocycles. The fourth-order valence-electron chi connectivity index (χ4n) is 7.68. The van der Waals surface area contributed by atoms with E-state index in [1.54, 1.807) is 0 Å². The third-order valence-corrected chi connectivity index (χ3v) is 21.8. The third-order valence-electron chi connectivity index (χ3n) is 10.0. The van der Waals surface area contributed by atoms with Crippen molar-refractivity contribution in [2.24, 2.45) is 0 Å². The maximum Gasteiger partial charge on any atom is 5.00 e. The van der Waals surface area contributed by atoms with Crippen molar-refractivity contribution in [2.75, 3.05) is 0 Å². The zero-order chi connectivity index (χ0) is 39.4. The second-order valence-electron chi connectivity index (χ2n) is 13.0. The molecule has 0 spiro atoms. The summed E-state index contributed by atoms with van der Waals surface area (Å²) in [5.74, 6) is 0. The van der Waals surface area contributed by atoms with Crippen molar-refractivity contribution < 1.29 is 19.5 Å². The SMILES string of the molecule is [N-]=O.[Ru+5].[S-]c1cccc([Si](c2ccccc2)(c2ccccc2)c2ccccc2)c1[S-].[S-]c1cccc([Si](c2ccccc2)(c2ccccc2)c2ccccc2)c1[S-]. The Kier molecular flexibility index (Phi) is 15.7. The Morgan fingerprint density at radius 1 is 0.281 bits per heavy atom. The minimum absolute atomic E-state index is 0. The van der Waals surface area contributed by atoms with E-state index in [1.165, 1.54) is 41.5 Å². The van der Waals surface area contributed by atoms with Gasteiger partial charge in [0.05, 0.1) is 0 Å². The summed E-state index contributed by atoms with van der Waals surface area (Å²) in [4.78, 5) is 10.4. The largest absolute Gasteiger partial charge is 5.00 e. The Hall–Kier alpha value is -4.70. The van der Waals surface area contributed by atoms with E-state index < -0.39 is 16.1 Å². The first-order chi connectivity index (χ1) is 27.5. The first kappa shape index (κ1) is 43.4. The van der Waals surface area contributed by atoms with Gasteiger partial charge in [-0.15, -0.1) is 0 Å². The van der Waals surface area contributed by atoms with Gasteiger partial charge in [0.2, 0.25) is 0 Å². The molecule has 0 fully saturated rings. The number of hydrogen-bond donors (Lipinski definition) is 0. The van der Waals surface area contributed by atoms with Crippen molar-refractivity contribution in [2.45, 2.75) is 19.6 Å². The van der Waals surface area contributed by atoms with Crippen molar-refractivity contribution in [3.63, 3.8) is 0 Å². The van der Waals surface area contributed by atoms with Crippen molar-refractivity contribution >= 4 is 108 Å². The average Bonchev–Trinajstić information content (AvgIpc) is 3.27. The van der Waals surface area contributed by atoms with Crippen molar-refractivity contribution in [3.05, 3.63) is 229 Å². The molecule has 279 valence electrons. The van der Waals surface area contributed by atoms with Crippen LogP contribution in [-0.4, -0.2) is 16.1 Å². The van der Waals surface area contributed by atoms with Crippen LogP contribution < -0.4 is 41.5 Å². The van der Waals surface area contributed by atoms with Crippen LogP contribution in [0.1, 0.15) is 0 Å². The molecule has 0 aromatic heterocycles. The smallest absolute Gasteiger partial charge is 0.781 e. The molecule has 0 aliphatic rings. The van der Waals surface area contributed by atoms with Crippen LogP contribution in [0.4, 0.5) is 0 Å². The van der Waals surface area contributed by atoms with Gasteiger partial charge in [-0.2, -0.15) is 19.6 Å². The standard InChI is InChI=1S/2C24H20S2Si.NO.Ru/c2*25-22-17-10-18-23(24(22)26)27(19-11-4-1-5-12-19,20-13-6-2-7-14-20)21-15-8-3-9-16-21;1-2;/h2*1-18,25-26H;;/q;;-1;+5/p-4. The fraction of sp³-hybridized carbons (Fsp3) is 0. The monoisotopic (exact) mass is 928 g/mol. The van der Waals surface area contributed by atoms with Gasteiger partial charge in [-0.1, -0.05) is 229 Å². The molecular weight excluding hydrogens is 892 g/mol. The van der Waals surface area contributed by atoms with Gasteiger partial charge in [0.25, 0.3) is 0 Å². The number of rotatable bonds is 8. The molecule has 0 N–H and O–H groups in total. The molecule has 0 amide bonds. The molecule has 0 aliphatic carbocycles. The molecule has 0 saturated carbocycles. The van der Waals surface area contributed by atoms with Crippen molar-refractivity contribution in [3.8, 4) is 0 Å². The predicted octanol–water partition coefficient (Wildman–Crippen LogP) is 6.07. The molecular formula is C48H36NORuS4Si2. The molecule has 0 aliphatic heterocycles. The number of nitrogens with zero attached hydrogens (tertiary/aromatic N) is 1. The van der Waals surface area contributed by atoms with Crippen LogP contribution in [0.5, 0.6) is 0 Å². The predicted molar refractivity (Wildman–Crippen MR) is 249 cm³/mol. The van der Waals surface area contributed by atoms with E-state index in [9.17, 15) is 0 Å². The molecule has 9 heteroatoms.